The minimum absolute atomic E-state index is 0.0413. The van der Waals surface area contributed by atoms with Gasteiger partial charge in [0.2, 0.25) is 0 Å². The van der Waals surface area contributed by atoms with Gasteiger partial charge in [0.1, 0.15) is 85.5 Å². The molecule has 8 rings (SSSR count). The molecule has 23 heteroatoms. The van der Waals surface area contributed by atoms with Crippen LogP contribution in [-0.2, 0) is 37.9 Å². The second-order valence-corrected chi connectivity index (χ2v) is 26.2. The Morgan fingerprint density at radius 1 is 0.603 bits per heavy atom. The molecule has 7 fully saturated rings. The first-order valence-corrected chi connectivity index (χ1v) is 28.4. The SMILES string of the molecule is C[C@@H]1[C@@H](O)[C@@H](OC[C@H]2O[C@@H](O[C@H](CC[C@@H](C)C3CC[C@@]4(C)C5CC=C6C(CC[C@H](O)C6(C)C)[C@]5(C)[C@H](O)C[C@]34C)C(C)(C)O)[C@H](O[C@@H]3O[C@H](CO)[C@@H](O[C@@H]4O[C@H](CO)[C@@H](O)[C@H](O)[C@H]4O)[C@H](O)[C@H]3O)[C@@H](O)[C@@H]2O)O[C@H](CO)[C@H]1O. The van der Waals surface area contributed by atoms with Gasteiger partial charge >= 0.3 is 0 Å². The molecule has 0 bridgehead atoms. The molecule has 4 aliphatic heterocycles. The van der Waals surface area contributed by atoms with E-state index in [0.29, 0.717) is 19.3 Å². The van der Waals surface area contributed by atoms with Crippen LogP contribution in [0.1, 0.15) is 114 Å². The average Bonchev–Trinajstić information content (AvgIpc) is 3.90. The smallest absolute Gasteiger partial charge is 0.187 e. The zero-order chi connectivity index (χ0) is 57.5. The van der Waals surface area contributed by atoms with Crippen molar-refractivity contribution < 1.29 is 114 Å². The van der Waals surface area contributed by atoms with Crippen LogP contribution in [0.15, 0.2) is 11.6 Å². The van der Waals surface area contributed by atoms with Crippen molar-refractivity contribution in [3.63, 3.8) is 0 Å². The second kappa shape index (κ2) is 23.7. The standard InChI is InChI=1S/C55H94O23/c1-23(25-16-17-53(7)32-13-11-26-27(12-14-33(59)51(26,3)4)55(32,9)34(60)18-54(25,53)8)10-15-35(52(5,6)70)76-50-46(41(66)39(64)31(75-50)22-71-47-37(62)24(2)36(61)28(19-56)72-47)78-49-44(69)42(67)45(30(21-58)74-49)77-48-43(68)40(65)38(63)29(20-57)73-48/h11,23-25,27-50,56-70H,10,12-22H2,1-9H3/t23-,24+,25?,27?,28-,29-,30-,31-,32?,33+,34-,35-,36+,37-,38-,39-,40+,41+,42-,43-,44-,45-,46-,47+,48+,49+,50+,53+,54-,55+/m1/s1. The van der Waals surface area contributed by atoms with E-state index in [0.717, 1.165) is 25.7 Å². The molecule has 0 aromatic heterocycles. The molecule has 3 unspecified atom stereocenters. The first-order valence-electron chi connectivity index (χ1n) is 28.4. The summed E-state index contributed by atoms with van der Waals surface area (Å²) in [6, 6.07) is 0. The van der Waals surface area contributed by atoms with Crippen molar-refractivity contribution in [3.8, 4) is 0 Å². The minimum atomic E-state index is -2.06. The largest absolute Gasteiger partial charge is 0.394 e. The lowest BCUT2D eigenvalue weighted by Crippen LogP contribution is -2.67. The predicted molar refractivity (Wildman–Crippen MR) is 271 cm³/mol. The molecule has 0 radical (unpaired) electrons. The van der Waals surface area contributed by atoms with Crippen LogP contribution in [0.4, 0.5) is 0 Å². The van der Waals surface area contributed by atoms with E-state index in [1.54, 1.807) is 0 Å². The van der Waals surface area contributed by atoms with E-state index in [1.807, 2.05) is 0 Å². The number of hydrogen-bond acceptors (Lipinski definition) is 23. The molecule has 78 heavy (non-hydrogen) atoms. The Morgan fingerprint density at radius 2 is 1.15 bits per heavy atom. The number of fused-ring (bicyclic) bond motifs is 5. The predicted octanol–water partition coefficient (Wildman–Crippen LogP) is -1.96. The molecule has 8 aliphatic rings. The maximum Gasteiger partial charge on any atom is 0.187 e. The molecule has 3 saturated carbocycles. The summed E-state index contributed by atoms with van der Waals surface area (Å²) in [7, 11) is 0. The zero-order valence-electron chi connectivity index (χ0n) is 46.6. The van der Waals surface area contributed by atoms with Crippen molar-refractivity contribution in [3.05, 3.63) is 11.6 Å². The van der Waals surface area contributed by atoms with Crippen LogP contribution >= 0.6 is 0 Å². The Hall–Kier alpha value is -1.18. The summed E-state index contributed by atoms with van der Waals surface area (Å²) in [4.78, 5) is 0. The maximum absolute atomic E-state index is 12.5. The molecule has 452 valence electrons. The Bertz CT molecular complexity index is 2020. The summed E-state index contributed by atoms with van der Waals surface area (Å²) >= 11 is 0. The Labute approximate surface area is 457 Å². The van der Waals surface area contributed by atoms with Gasteiger partial charge in [-0.2, -0.15) is 0 Å². The number of ether oxygens (including phenoxy) is 8. The van der Waals surface area contributed by atoms with E-state index in [4.69, 9.17) is 37.9 Å². The van der Waals surface area contributed by atoms with Crippen molar-refractivity contribution in [2.45, 2.75) is 254 Å². The van der Waals surface area contributed by atoms with Crippen LogP contribution in [0.5, 0.6) is 0 Å². The van der Waals surface area contributed by atoms with Gasteiger partial charge in [-0.3, -0.25) is 0 Å². The maximum atomic E-state index is 12.5. The normalized spacial score (nSPS) is 51.4. The Balaban J connectivity index is 1.01. The summed E-state index contributed by atoms with van der Waals surface area (Å²) in [6.07, 6.45) is -26.1. The van der Waals surface area contributed by atoms with Gasteiger partial charge in [-0.1, -0.05) is 60.1 Å². The Kier molecular flexibility index (Phi) is 19.1. The van der Waals surface area contributed by atoms with Crippen molar-refractivity contribution in [1.29, 1.82) is 0 Å². The van der Waals surface area contributed by atoms with Crippen LogP contribution in [0.25, 0.3) is 0 Å². The van der Waals surface area contributed by atoms with Crippen LogP contribution in [0, 0.1) is 51.2 Å². The lowest BCUT2D eigenvalue weighted by molar-refractivity contribution is -0.391. The van der Waals surface area contributed by atoms with Crippen molar-refractivity contribution in [2.24, 2.45) is 51.2 Å². The summed E-state index contributed by atoms with van der Waals surface area (Å²) in [5.41, 5.74) is -1.50. The monoisotopic (exact) mass is 1120 g/mol. The molecule has 23 nitrogen and oxygen atoms in total. The van der Waals surface area contributed by atoms with Gasteiger partial charge in [0, 0.05) is 16.7 Å². The molecule has 4 aliphatic carbocycles. The number of allylic oxidation sites excluding steroid dienone is 1. The van der Waals surface area contributed by atoms with Gasteiger partial charge in [-0.15, -0.1) is 0 Å². The van der Waals surface area contributed by atoms with Crippen molar-refractivity contribution in [2.75, 3.05) is 26.4 Å². The van der Waals surface area contributed by atoms with E-state index in [2.05, 4.69) is 47.6 Å². The molecule has 0 spiro atoms. The fourth-order valence-corrected chi connectivity index (χ4v) is 15.7. The van der Waals surface area contributed by atoms with Gasteiger partial charge in [0.15, 0.2) is 25.2 Å². The van der Waals surface area contributed by atoms with Gasteiger partial charge in [0.25, 0.3) is 0 Å². The summed E-state index contributed by atoms with van der Waals surface area (Å²) < 4.78 is 47.7. The number of rotatable bonds is 17. The molecule has 0 aromatic carbocycles. The fraction of sp³-hybridized carbons (Fsp3) is 0.964. The lowest BCUT2D eigenvalue weighted by atomic mass is 9.38. The highest BCUT2D eigenvalue weighted by atomic mass is 16.8. The lowest BCUT2D eigenvalue weighted by Gasteiger charge is -2.67. The van der Waals surface area contributed by atoms with Gasteiger partial charge in [-0.25, -0.2) is 0 Å². The summed E-state index contributed by atoms with van der Waals surface area (Å²) in [5, 5.41) is 165. The molecule has 4 heterocycles. The topological polar surface area (TPSA) is 377 Å². The third-order valence-electron chi connectivity index (χ3n) is 21.2. The second-order valence-electron chi connectivity index (χ2n) is 26.2. The van der Waals surface area contributed by atoms with E-state index in [1.165, 1.54) is 26.3 Å². The highest BCUT2D eigenvalue weighted by Gasteiger charge is 2.70. The Morgan fingerprint density at radius 3 is 1.78 bits per heavy atom. The molecule has 0 amide bonds. The van der Waals surface area contributed by atoms with Crippen LogP contribution in [-0.4, -0.2) is 244 Å². The van der Waals surface area contributed by atoms with Gasteiger partial charge in [-0.05, 0) is 99.7 Å². The van der Waals surface area contributed by atoms with Crippen LogP contribution in [0.2, 0.25) is 0 Å². The number of aliphatic hydroxyl groups excluding tert-OH is 14. The molecular weight excluding hydrogens is 1030 g/mol. The van der Waals surface area contributed by atoms with Gasteiger partial charge < -0.3 is 114 Å². The molecule has 0 aromatic rings. The van der Waals surface area contributed by atoms with Crippen molar-refractivity contribution in [1.82, 2.24) is 0 Å². The molecule has 4 saturated heterocycles. The molecule has 30 atom stereocenters. The van der Waals surface area contributed by atoms with Crippen molar-refractivity contribution >= 4 is 0 Å². The third-order valence-corrected chi connectivity index (χ3v) is 21.2. The van der Waals surface area contributed by atoms with E-state index in [9.17, 15) is 76.6 Å². The van der Waals surface area contributed by atoms with Crippen LogP contribution < -0.4 is 0 Å². The summed E-state index contributed by atoms with van der Waals surface area (Å²) in [6.45, 7) is 15.2. The molecular formula is C55H94O23. The van der Waals surface area contributed by atoms with E-state index in [-0.39, 0.29) is 51.8 Å². The van der Waals surface area contributed by atoms with E-state index >= 15 is 0 Å². The van der Waals surface area contributed by atoms with Gasteiger partial charge in [0.05, 0.1) is 56.4 Å². The zero-order valence-corrected chi connectivity index (χ0v) is 46.6. The highest BCUT2D eigenvalue weighted by molar-refractivity contribution is 5.31. The fourth-order valence-electron chi connectivity index (χ4n) is 15.7. The van der Waals surface area contributed by atoms with E-state index < -0.39 is 173 Å². The quantitative estimate of drug-likeness (QED) is 0.0704. The van der Waals surface area contributed by atoms with Crippen LogP contribution in [0.3, 0.4) is 0 Å². The summed E-state index contributed by atoms with van der Waals surface area (Å²) in [5.74, 6) is -0.254. The molecule has 15 N–H and O–H groups in total. The first kappa shape index (κ1) is 62.9. The minimum Gasteiger partial charge on any atom is -0.394 e. The third kappa shape index (κ3) is 11.0. The number of aliphatic hydroxyl groups is 15. The first-order chi connectivity index (χ1) is 36.4. The number of hydrogen-bond donors (Lipinski definition) is 15. The average molecular weight is 1120 g/mol. The highest BCUT2D eigenvalue weighted by Crippen LogP contribution is 2.75.